The highest BCUT2D eigenvalue weighted by atomic mass is 35.5. The van der Waals surface area contributed by atoms with Gasteiger partial charge in [-0.1, -0.05) is 11.6 Å². The largest absolute Gasteiger partial charge is 0.368 e. The van der Waals surface area contributed by atoms with Gasteiger partial charge in [-0.05, 0) is 24.3 Å². The fraction of sp³-hybridized carbons (Fsp3) is 0.286. The van der Waals surface area contributed by atoms with Gasteiger partial charge in [0.1, 0.15) is 10.8 Å². The van der Waals surface area contributed by atoms with Crippen LogP contribution in [-0.4, -0.2) is 36.1 Å². The zero-order valence-electron chi connectivity index (χ0n) is 11.2. The van der Waals surface area contributed by atoms with Crippen LogP contribution >= 0.6 is 11.6 Å². The maximum absolute atomic E-state index is 12.9. The molecule has 1 saturated heterocycles. The molecular formula is C14H14ClFN4O. The van der Waals surface area contributed by atoms with E-state index in [0.29, 0.717) is 18.9 Å². The second-order valence-electron chi connectivity index (χ2n) is 4.82. The molecule has 0 bridgehead atoms. The first-order valence-electron chi connectivity index (χ1n) is 6.64. The van der Waals surface area contributed by atoms with Crippen molar-refractivity contribution in [2.24, 2.45) is 0 Å². The number of nitrogens with zero attached hydrogens (tertiary/aromatic N) is 3. The van der Waals surface area contributed by atoms with E-state index >= 15 is 0 Å². The molecule has 3 rings (SSSR count). The molecule has 0 spiro atoms. The van der Waals surface area contributed by atoms with E-state index in [9.17, 15) is 9.18 Å². The molecule has 2 heterocycles. The van der Waals surface area contributed by atoms with Crippen LogP contribution in [0.1, 0.15) is 0 Å². The summed E-state index contributed by atoms with van der Waals surface area (Å²) >= 11 is 5.99. The third kappa shape index (κ3) is 2.85. The summed E-state index contributed by atoms with van der Waals surface area (Å²) in [7, 11) is 0. The summed E-state index contributed by atoms with van der Waals surface area (Å²) in [6, 6.07) is 6.45. The highest BCUT2D eigenvalue weighted by molar-refractivity contribution is 6.32. The molecule has 1 aromatic carbocycles. The van der Waals surface area contributed by atoms with Crippen LogP contribution in [0, 0.1) is 5.82 Å². The first kappa shape index (κ1) is 13.9. The van der Waals surface area contributed by atoms with Gasteiger partial charge in [0.2, 0.25) is 0 Å². The molecule has 110 valence electrons. The number of aromatic nitrogens is 2. The Hall–Kier alpha value is -2.08. The van der Waals surface area contributed by atoms with Crippen molar-refractivity contribution in [2.45, 2.75) is 0 Å². The molecule has 1 aliphatic heterocycles. The third-order valence-electron chi connectivity index (χ3n) is 3.55. The molecule has 1 aliphatic rings. The van der Waals surface area contributed by atoms with Gasteiger partial charge in [0.05, 0.1) is 6.33 Å². The van der Waals surface area contributed by atoms with Gasteiger partial charge in [0.15, 0.2) is 5.82 Å². The number of benzene rings is 1. The van der Waals surface area contributed by atoms with E-state index in [1.165, 1.54) is 18.5 Å². The van der Waals surface area contributed by atoms with E-state index in [-0.39, 0.29) is 16.4 Å². The molecule has 0 atom stereocenters. The van der Waals surface area contributed by atoms with Crippen molar-refractivity contribution in [3.8, 4) is 0 Å². The van der Waals surface area contributed by atoms with Crippen LogP contribution in [0.15, 0.2) is 35.4 Å². The van der Waals surface area contributed by atoms with Crippen molar-refractivity contribution in [3.05, 3.63) is 51.8 Å². The minimum absolute atomic E-state index is 0.118. The lowest BCUT2D eigenvalue weighted by atomic mass is 10.2. The summed E-state index contributed by atoms with van der Waals surface area (Å²) in [4.78, 5) is 22.2. The zero-order chi connectivity index (χ0) is 14.8. The highest BCUT2D eigenvalue weighted by Gasteiger charge is 2.21. The van der Waals surface area contributed by atoms with Crippen LogP contribution in [0.25, 0.3) is 0 Å². The molecule has 0 saturated carbocycles. The van der Waals surface area contributed by atoms with E-state index in [0.717, 1.165) is 18.8 Å². The normalized spacial score (nSPS) is 15.3. The van der Waals surface area contributed by atoms with Crippen LogP contribution in [0.5, 0.6) is 0 Å². The molecule has 0 aliphatic carbocycles. The van der Waals surface area contributed by atoms with Crippen LogP contribution in [0.3, 0.4) is 0 Å². The number of anilines is 2. The lowest BCUT2D eigenvalue weighted by Gasteiger charge is -2.36. The minimum Gasteiger partial charge on any atom is -0.368 e. The maximum atomic E-state index is 12.9. The number of aromatic amines is 1. The van der Waals surface area contributed by atoms with E-state index in [2.05, 4.69) is 14.9 Å². The Morgan fingerprint density at radius 2 is 1.71 bits per heavy atom. The van der Waals surface area contributed by atoms with Crippen LogP contribution in [0.4, 0.5) is 15.9 Å². The molecule has 21 heavy (non-hydrogen) atoms. The average Bonchev–Trinajstić information content (AvgIpc) is 2.51. The lowest BCUT2D eigenvalue weighted by molar-refractivity contribution is 0.624. The maximum Gasteiger partial charge on any atom is 0.271 e. The second kappa shape index (κ2) is 5.73. The first-order chi connectivity index (χ1) is 10.1. The van der Waals surface area contributed by atoms with Gasteiger partial charge in [-0.2, -0.15) is 0 Å². The number of H-pyrrole nitrogens is 1. The van der Waals surface area contributed by atoms with Gasteiger partial charge < -0.3 is 14.8 Å². The van der Waals surface area contributed by atoms with Gasteiger partial charge in [-0.15, -0.1) is 0 Å². The first-order valence-corrected chi connectivity index (χ1v) is 7.01. The third-order valence-corrected chi connectivity index (χ3v) is 3.89. The molecular weight excluding hydrogens is 295 g/mol. The van der Waals surface area contributed by atoms with Crippen molar-refractivity contribution in [1.82, 2.24) is 9.97 Å². The number of hydrogen-bond acceptors (Lipinski definition) is 4. The topological polar surface area (TPSA) is 52.2 Å². The van der Waals surface area contributed by atoms with E-state index in [4.69, 9.17) is 11.6 Å². The Labute approximate surface area is 126 Å². The van der Waals surface area contributed by atoms with E-state index in [1.54, 1.807) is 12.1 Å². The van der Waals surface area contributed by atoms with Crippen LogP contribution in [-0.2, 0) is 0 Å². The Morgan fingerprint density at radius 3 is 2.38 bits per heavy atom. The molecule has 0 unspecified atom stereocenters. The Morgan fingerprint density at radius 1 is 1.10 bits per heavy atom. The van der Waals surface area contributed by atoms with Crippen LogP contribution in [0.2, 0.25) is 5.02 Å². The lowest BCUT2D eigenvalue weighted by Crippen LogP contribution is -2.47. The van der Waals surface area contributed by atoms with Gasteiger partial charge in [0, 0.05) is 31.9 Å². The summed E-state index contributed by atoms with van der Waals surface area (Å²) < 4.78 is 12.9. The summed E-state index contributed by atoms with van der Waals surface area (Å²) in [5.74, 6) is 0.274. The van der Waals surface area contributed by atoms with Crippen molar-refractivity contribution < 1.29 is 4.39 Å². The molecule has 1 N–H and O–H groups in total. The molecule has 2 aromatic rings. The highest BCUT2D eigenvalue weighted by Crippen LogP contribution is 2.22. The Balaban J connectivity index is 1.71. The molecule has 1 fully saturated rings. The Bertz CT molecular complexity index is 680. The monoisotopic (exact) mass is 308 g/mol. The molecule has 5 nitrogen and oxygen atoms in total. The predicted octanol–water partition coefficient (Wildman–Crippen LogP) is 1.89. The second-order valence-corrected chi connectivity index (χ2v) is 5.20. The van der Waals surface area contributed by atoms with Crippen molar-refractivity contribution in [2.75, 3.05) is 36.0 Å². The van der Waals surface area contributed by atoms with Gasteiger partial charge in [0.25, 0.3) is 5.56 Å². The standard InChI is InChI=1S/C14H14ClFN4O/c15-12-13(17-9-18-14(12)21)20-7-5-19(6-8-20)11-3-1-10(16)2-4-11/h1-4,9H,5-8H2,(H,17,18,21). The number of piperazine rings is 1. The quantitative estimate of drug-likeness (QED) is 0.920. The molecule has 7 heteroatoms. The minimum atomic E-state index is -0.331. The number of halogens is 2. The van der Waals surface area contributed by atoms with E-state index < -0.39 is 0 Å². The summed E-state index contributed by atoms with van der Waals surface area (Å²) in [6.45, 7) is 2.92. The fourth-order valence-electron chi connectivity index (χ4n) is 2.42. The van der Waals surface area contributed by atoms with Crippen LogP contribution < -0.4 is 15.4 Å². The number of rotatable bonds is 2. The summed E-state index contributed by atoms with van der Waals surface area (Å²) in [5, 5.41) is 0.118. The molecule has 0 radical (unpaired) electrons. The number of hydrogen-bond donors (Lipinski definition) is 1. The Kier molecular flexibility index (Phi) is 3.79. The SMILES string of the molecule is O=c1[nH]cnc(N2CCN(c3ccc(F)cc3)CC2)c1Cl. The fourth-order valence-corrected chi connectivity index (χ4v) is 2.65. The molecule has 0 amide bonds. The number of nitrogens with one attached hydrogen (secondary N) is 1. The van der Waals surface area contributed by atoms with Gasteiger partial charge in [-0.25, -0.2) is 9.37 Å². The summed E-state index contributed by atoms with van der Waals surface area (Å²) in [5.41, 5.74) is 0.656. The summed E-state index contributed by atoms with van der Waals surface area (Å²) in [6.07, 6.45) is 1.36. The molecule has 1 aromatic heterocycles. The van der Waals surface area contributed by atoms with Gasteiger partial charge in [-0.3, -0.25) is 4.79 Å². The van der Waals surface area contributed by atoms with Gasteiger partial charge >= 0.3 is 0 Å². The van der Waals surface area contributed by atoms with E-state index in [1.807, 2.05) is 4.90 Å². The van der Waals surface area contributed by atoms with Crippen molar-refractivity contribution in [3.63, 3.8) is 0 Å². The zero-order valence-corrected chi connectivity index (χ0v) is 12.0. The van der Waals surface area contributed by atoms with Crippen molar-refractivity contribution in [1.29, 1.82) is 0 Å². The smallest absolute Gasteiger partial charge is 0.271 e. The predicted molar refractivity (Wildman–Crippen MR) is 80.7 cm³/mol. The average molecular weight is 309 g/mol. The van der Waals surface area contributed by atoms with Crippen molar-refractivity contribution >= 4 is 23.1 Å².